The zero-order valence-corrected chi connectivity index (χ0v) is 11.0. The third kappa shape index (κ3) is 2.21. The first-order valence-corrected chi connectivity index (χ1v) is 6.22. The maximum absolute atomic E-state index is 12.3. The fourth-order valence-corrected chi connectivity index (χ4v) is 2.14. The molecule has 1 aromatic heterocycles. The number of carbonyl (C=O) groups is 1. The van der Waals surface area contributed by atoms with E-state index in [1.165, 1.54) is 0 Å². The molecule has 0 unspecified atom stereocenters. The molecule has 20 heavy (non-hydrogen) atoms. The molecule has 1 amide bonds. The number of aromatic nitrogens is 2. The highest BCUT2D eigenvalue weighted by molar-refractivity contribution is 6.10. The van der Waals surface area contributed by atoms with E-state index >= 15 is 0 Å². The fourth-order valence-electron chi connectivity index (χ4n) is 2.14. The Hall–Kier alpha value is -2.82. The molecule has 0 saturated carbocycles. The van der Waals surface area contributed by atoms with Crippen LogP contribution in [0, 0.1) is 0 Å². The number of nitrogen functional groups attached to an aromatic ring is 1. The van der Waals surface area contributed by atoms with Crippen molar-refractivity contribution in [3.8, 4) is 0 Å². The van der Waals surface area contributed by atoms with Crippen LogP contribution in [0.2, 0.25) is 0 Å². The summed E-state index contributed by atoms with van der Waals surface area (Å²) in [4.78, 5) is 12.3. The highest BCUT2D eigenvalue weighted by Gasteiger charge is 2.12. The Kier molecular flexibility index (Phi) is 2.87. The van der Waals surface area contributed by atoms with E-state index in [2.05, 4.69) is 10.4 Å². The number of nitrogens with one attached hydrogen (secondary N) is 1. The summed E-state index contributed by atoms with van der Waals surface area (Å²) in [7, 11) is 1.79. The van der Waals surface area contributed by atoms with Crippen LogP contribution in [0.3, 0.4) is 0 Å². The fraction of sp³-hybridized carbons (Fsp3) is 0.0667. The molecule has 0 bridgehead atoms. The summed E-state index contributed by atoms with van der Waals surface area (Å²) in [5, 5.41) is 8.79. The number of amides is 1. The second-order valence-corrected chi connectivity index (χ2v) is 4.64. The van der Waals surface area contributed by atoms with E-state index in [0.717, 1.165) is 10.8 Å². The molecule has 0 aliphatic rings. The smallest absolute Gasteiger partial charge is 0.257 e. The van der Waals surface area contributed by atoms with Gasteiger partial charge in [0.25, 0.3) is 5.91 Å². The molecular formula is C15H14N4O. The lowest BCUT2D eigenvalue weighted by Gasteiger charge is -2.08. The number of aryl methyl sites for hydroxylation is 1. The quantitative estimate of drug-likeness (QED) is 0.699. The van der Waals surface area contributed by atoms with Gasteiger partial charge >= 0.3 is 0 Å². The number of rotatable bonds is 2. The first-order chi connectivity index (χ1) is 9.63. The van der Waals surface area contributed by atoms with Gasteiger partial charge in [0.05, 0.1) is 17.4 Å². The van der Waals surface area contributed by atoms with Crippen molar-refractivity contribution in [3.63, 3.8) is 0 Å². The van der Waals surface area contributed by atoms with Crippen molar-refractivity contribution in [1.29, 1.82) is 0 Å². The minimum absolute atomic E-state index is 0.235. The monoisotopic (exact) mass is 266 g/mol. The Morgan fingerprint density at radius 1 is 1.25 bits per heavy atom. The highest BCUT2D eigenvalue weighted by atomic mass is 16.1. The van der Waals surface area contributed by atoms with Gasteiger partial charge in [-0.3, -0.25) is 9.48 Å². The van der Waals surface area contributed by atoms with Crippen molar-refractivity contribution in [2.24, 2.45) is 7.05 Å². The van der Waals surface area contributed by atoms with E-state index in [1.807, 2.05) is 30.3 Å². The molecular weight excluding hydrogens is 252 g/mol. The van der Waals surface area contributed by atoms with Crippen LogP contribution in [0.25, 0.3) is 10.8 Å². The summed E-state index contributed by atoms with van der Waals surface area (Å²) in [5.41, 5.74) is 7.54. The first-order valence-electron chi connectivity index (χ1n) is 6.22. The first kappa shape index (κ1) is 12.2. The van der Waals surface area contributed by atoms with Gasteiger partial charge in [-0.15, -0.1) is 0 Å². The van der Waals surface area contributed by atoms with Crippen LogP contribution in [0.4, 0.5) is 11.4 Å². The van der Waals surface area contributed by atoms with E-state index < -0.39 is 0 Å². The number of hydrogen-bond acceptors (Lipinski definition) is 3. The van der Waals surface area contributed by atoms with Gasteiger partial charge in [-0.25, -0.2) is 0 Å². The summed E-state index contributed by atoms with van der Waals surface area (Å²) in [6, 6.07) is 11.4. The third-order valence-electron chi connectivity index (χ3n) is 3.13. The molecule has 0 spiro atoms. The molecule has 100 valence electrons. The van der Waals surface area contributed by atoms with E-state index in [9.17, 15) is 4.79 Å². The number of nitrogens with zero attached hydrogens (tertiary/aromatic N) is 2. The van der Waals surface area contributed by atoms with Crippen LogP contribution < -0.4 is 11.1 Å². The van der Waals surface area contributed by atoms with Crippen LogP contribution in [-0.2, 0) is 7.05 Å². The van der Waals surface area contributed by atoms with Gasteiger partial charge in [0.1, 0.15) is 0 Å². The predicted molar refractivity (Wildman–Crippen MR) is 79.5 cm³/mol. The summed E-state index contributed by atoms with van der Waals surface area (Å²) in [6.07, 6.45) is 3.32. The van der Waals surface area contributed by atoms with Crippen molar-refractivity contribution in [1.82, 2.24) is 9.78 Å². The van der Waals surface area contributed by atoms with Crippen LogP contribution in [-0.4, -0.2) is 15.7 Å². The van der Waals surface area contributed by atoms with E-state index in [1.54, 1.807) is 30.2 Å². The number of hydrogen-bond donors (Lipinski definition) is 2. The van der Waals surface area contributed by atoms with Crippen molar-refractivity contribution in [2.45, 2.75) is 0 Å². The highest BCUT2D eigenvalue weighted by Crippen LogP contribution is 2.22. The van der Waals surface area contributed by atoms with Gasteiger partial charge in [-0.05, 0) is 22.9 Å². The molecule has 0 fully saturated rings. The lowest BCUT2D eigenvalue weighted by Crippen LogP contribution is -2.13. The average Bonchev–Trinajstić information content (AvgIpc) is 2.83. The Balaban J connectivity index is 1.96. The third-order valence-corrected chi connectivity index (χ3v) is 3.13. The van der Waals surface area contributed by atoms with Crippen molar-refractivity contribution < 1.29 is 4.79 Å². The average molecular weight is 266 g/mol. The van der Waals surface area contributed by atoms with Crippen molar-refractivity contribution >= 4 is 28.1 Å². The maximum atomic E-state index is 12.3. The van der Waals surface area contributed by atoms with Crippen LogP contribution >= 0.6 is 0 Å². The van der Waals surface area contributed by atoms with E-state index in [-0.39, 0.29) is 5.91 Å². The van der Waals surface area contributed by atoms with Crippen LogP contribution in [0.1, 0.15) is 10.4 Å². The summed E-state index contributed by atoms with van der Waals surface area (Å²) in [5.74, 6) is -0.235. The molecule has 3 N–H and O–H groups in total. The second kappa shape index (κ2) is 4.70. The molecule has 5 heteroatoms. The topological polar surface area (TPSA) is 72.9 Å². The van der Waals surface area contributed by atoms with Gasteiger partial charge in [-0.1, -0.05) is 24.3 Å². The van der Waals surface area contributed by atoms with Gasteiger partial charge in [0.15, 0.2) is 0 Å². The predicted octanol–water partition coefficient (Wildman–Crippen LogP) is 2.41. The SMILES string of the molecule is Cn1cc(NC(=O)c2cc3ccccc3cc2N)cn1. The zero-order chi connectivity index (χ0) is 14.1. The Bertz CT molecular complexity index is 791. The zero-order valence-electron chi connectivity index (χ0n) is 11.0. The molecule has 0 radical (unpaired) electrons. The Labute approximate surface area is 116 Å². The van der Waals surface area contributed by atoms with Gasteiger partial charge in [0.2, 0.25) is 0 Å². The normalized spacial score (nSPS) is 10.7. The van der Waals surface area contributed by atoms with E-state index in [0.29, 0.717) is 16.9 Å². The molecule has 0 saturated heterocycles. The second-order valence-electron chi connectivity index (χ2n) is 4.64. The maximum Gasteiger partial charge on any atom is 0.257 e. The number of anilines is 2. The molecule has 5 nitrogen and oxygen atoms in total. The lowest BCUT2D eigenvalue weighted by molar-refractivity contribution is 0.102. The minimum Gasteiger partial charge on any atom is -0.398 e. The standard InChI is InChI=1S/C15H14N4O/c1-19-9-12(8-17-19)18-15(20)13-6-10-4-2-3-5-11(10)7-14(13)16/h2-9H,16H2,1H3,(H,18,20). The molecule has 2 aromatic carbocycles. The van der Waals surface area contributed by atoms with Crippen molar-refractivity contribution in [3.05, 3.63) is 54.4 Å². The van der Waals surface area contributed by atoms with Crippen LogP contribution in [0.5, 0.6) is 0 Å². The Morgan fingerprint density at radius 3 is 2.60 bits per heavy atom. The van der Waals surface area contributed by atoms with Crippen LogP contribution in [0.15, 0.2) is 48.8 Å². The lowest BCUT2D eigenvalue weighted by atomic mass is 10.0. The minimum atomic E-state index is -0.235. The number of fused-ring (bicyclic) bond motifs is 1. The number of carbonyl (C=O) groups excluding carboxylic acids is 1. The van der Waals surface area contributed by atoms with Gasteiger partial charge < -0.3 is 11.1 Å². The Morgan fingerprint density at radius 2 is 1.95 bits per heavy atom. The summed E-state index contributed by atoms with van der Waals surface area (Å²) < 4.78 is 1.62. The summed E-state index contributed by atoms with van der Waals surface area (Å²) >= 11 is 0. The molecule has 0 aliphatic carbocycles. The molecule has 0 aliphatic heterocycles. The summed E-state index contributed by atoms with van der Waals surface area (Å²) in [6.45, 7) is 0. The van der Waals surface area contributed by atoms with Gasteiger partial charge in [0, 0.05) is 18.9 Å². The van der Waals surface area contributed by atoms with Gasteiger partial charge in [-0.2, -0.15) is 5.10 Å². The molecule has 3 rings (SSSR count). The number of benzene rings is 2. The molecule has 1 heterocycles. The van der Waals surface area contributed by atoms with Crippen molar-refractivity contribution in [2.75, 3.05) is 11.1 Å². The largest absolute Gasteiger partial charge is 0.398 e. The molecule has 0 atom stereocenters. The van der Waals surface area contributed by atoms with E-state index in [4.69, 9.17) is 5.73 Å². The number of nitrogens with two attached hydrogens (primary N) is 1. The molecule has 3 aromatic rings.